The molecule has 1 N–H and O–H groups in total. The Morgan fingerprint density at radius 3 is 2.67 bits per heavy atom. The average Bonchev–Trinajstić information content (AvgIpc) is 2.92. The van der Waals surface area contributed by atoms with Gasteiger partial charge in [0.25, 0.3) is 5.91 Å². The van der Waals surface area contributed by atoms with Crippen LogP contribution in [0.3, 0.4) is 0 Å². The number of anilines is 1. The number of benzene rings is 1. The van der Waals surface area contributed by atoms with Gasteiger partial charge < -0.3 is 15.1 Å². The molecule has 1 saturated heterocycles. The molecule has 116 valence electrons. The average molecular weight is 289 g/mol. The minimum atomic E-state index is 0.168. The van der Waals surface area contributed by atoms with Gasteiger partial charge in [-0.2, -0.15) is 0 Å². The molecule has 2 rings (SSSR count). The molecule has 4 heteroatoms. The quantitative estimate of drug-likeness (QED) is 0.874. The molecule has 0 spiro atoms. The van der Waals surface area contributed by atoms with E-state index in [1.165, 1.54) is 0 Å². The van der Waals surface area contributed by atoms with Gasteiger partial charge in [-0.05, 0) is 57.6 Å². The number of carbonyl (C=O) groups is 1. The summed E-state index contributed by atoms with van der Waals surface area (Å²) in [7, 11) is 4.13. The maximum Gasteiger partial charge on any atom is 0.254 e. The highest BCUT2D eigenvalue weighted by Crippen LogP contribution is 2.21. The third-order valence-electron chi connectivity index (χ3n) is 3.92. The zero-order valence-electron chi connectivity index (χ0n) is 13.4. The molecule has 1 fully saturated rings. The summed E-state index contributed by atoms with van der Waals surface area (Å²) in [6, 6.07) is 8.22. The van der Waals surface area contributed by atoms with Gasteiger partial charge in [-0.25, -0.2) is 0 Å². The zero-order valence-corrected chi connectivity index (χ0v) is 13.4. The van der Waals surface area contributed by atoms with Crippen molar-refractivity contribution in [3.8, 4) is 0 Å². The van der Waals surface area contributed by atoms with Crippen LogP contribution in [0.25, 0.3) is 0 Å². The van der Waals surface area contributed by atoms with Crippen molar-refractivity contribution in [3.05, 3.63) is 29.8 Å². The first-order valence-corrected chi connectivity index (χ1v) is 7.91. The Morgan fingerprint density at radius 2 is 2.05 bits per heavy atom. The molecule has 1 unspecified atom stereocenters. The van der Waals surface area contributed by atoms with Crippen molar-refractivity contribution < 1.29 is 4.79 Å². The molecule has 0 aromatic heterocycles. The van der Waals surface area contributed by atoms with Crippen LogP contribution in [0.1, 0.15) is 36.5 Å². The van der Waals surface area contributed by atoms with Crippen molar-refractivity contribution in [2.45, 2.75) is 32.2 Å². The van der Waals surface area contributed by atoms with Gasteiger partial charge in [0, 0.05) is 36.9 Å². The van der Waals surface area contributed by atoms with Crippen molar-refractivity contribution in [2.75, 3.05) is 39.0 Å². The Balaban J connectivity index is 2.01. The Labute approximate surface area is 128 Å². The van der Waals surface area contributed by atoms with Crippen LogP contribution in [0.5, 0.6) is 0 Å². The zero-order chi connectivity index (χ0) is 15.2. The maximum absolute atomic E-state index is 12.7. The van der Waals surface area contributed by atoms with Crippen molar-refractivity contribution in [3.63, 3.8) is 0 Å². The summed E-state index contributed by atoms with van der Waals surface area (Å²) in [5.74, 6) is 0.168. The molecule has 1 aliphatic rings. The fraction of sp³-hybridized carbons (Fsp3) is 0.588. The first-order valence-electron chi connectivity index (χ1n) is 7.91. The molecule has 1 aromatic carbocycles. The van der Waals surface area contributed by atoms with Crippen LogP contribution in [0, 0.1) is 0 Å². The molecule has 1 aromatic rings. The number of rotatable bonds is 6. The second-order valence-electron chi connectivity index (χ2n) is 6.06. The van der Waals surface area contributed by atoms with E-state index in [0.29, 0.717) is 6.04 Å². The van der Waals surface area contributed by atoms with Gasteiger partial charge in [-0.3, -0.25) is 4.79 Å². The lowest BCUT2D eigenvalue weighted by Gasteiger charge is -2.27. The van der Waals surface area contributed by atoms with Gasteiger partial charge in [0.15, 0.2) is 0 Å². The predicted molar refractivity (Wildman–Crippen MR) is 87.8 cm³/mol. The molecule has 1 amide bonds. The highest BCUT2D eigenvalue weighted by atomic mass is 16.2. The van der Waals surface area contributed by atoms with Crippen LogP contribution in [-0.2, 0) is 0 Å². The molecule has 1 atom stereocenters. The van der Waals surface area contributed by atoms with Crippen LogP contribution in [-0.4, -0.2) is 55.5 Å². The first kappa shape index (κ1) is 15.8. The number of nitrogens with zero attached hydrogens (tertiary/aromatic N) is 2. The Morgan fingerprint density at radius 1 is 1.33 bits per heavy atom. The third kappa shape index (κ3) is 4.21. The normalized spacial score (nSPS) is 18.3. The van der Waals surface area contributed by atoms with Crippen LogP contribution >= 0.6 is 0 Å². The molecule has 0 bridgehead atoms. The number of hydrogen-bond acceptors (Lipinski definition) is 3. The van der Waals surface area contributed by atoms with Crippen molar-refractivity contribution in [2.24, 2.45) is 0 Å². The van der Waals surface area contributed by atoms with Crippen molar-refractivity contribution in [1.82, 2.24) is 9.80 Å². The summed E-state index contributed by atoms with van der Waals surface area (Å²) < 4.78 is 0. The summed E-state index contributed by atoms with van der Waals surface area (Å²) in [4.78, 5) is 16.8. The maximum atomic E-state index is 12.7. The van der Waals surface area contributed by atoms with E-state index in [4.69, 9.17) is 0 Å². The number of carbonyl (C=O) groups excluding carboxylic acids is 1. The van der Waals surface area contributed by atoms with Crippen molar-refractivity contribution in [1.29, 1.82) is 0 Å². The summed E-state index contributed by atoms with van der Waals surface area (Å²) in [5.41, 5.74) is 1.88. The van der Waals surface area contributed by atoms with E-state index in [1.54, 1.807) is 0 Å². The van der Waals surface area contributed by atoms with Gasteiger partial charge in [0.1, 0.15) is 0 Å². The molecular weight excluding hydrogens is 262 g/mol. The molecule has 1 heterocycles. The minimum absolute atomic E-state index is 0.168. The Bertz CT molecular complexity index is 456. The van der Waals surface area contributed by atoms with Crippen LogP contribution < -0.4 is 5.32 Å². The highest BCUT2D eigenvalue weighted by Gasteiger charge is 2.29. The first-order chi connectivity index (χ1) is 10.1. The largest absolute Gasteiger partial charge is 0.385 e. The standard InChI is InChI=1S/C17H27N3O/c1-4-11-18-15-9-7-14(8-10-15)17(21)20-12-5-6-16(20)13-19(2)3/h7-10,16,18H,4-6,11-13H2,1-3H3. The molecular formula is C17H27N3O. The van der Waals surface area contributed by atoms with Gasteiger partial charge in [-0.1, -0.05) is 6.92 Å². The Kier molecular flexibility index (Phi) is 5.62. The second-order valence-corrected chi connectivity index (χ2v) is 6.06. The van der Waals surface area contributed by atoms with Crippen LogP contribution in [0.2, 0.25) is 0 Å². The molecule has 0 saturated carbocycles. The van der Waals surface area contributed by atoms with E-state index in [0.717, 1.165) is 50.1 Å². The lowest BCUT2D eigenvalue weighted by Crippen LogP contribution is -2.41. The van der Waals surface area contributed by atoms with Crippen molar-refractivity contribution >= 4 is 11.6 Å². The van der Waals surface area contributed by atoms with Gasteiger partial charge >= 0.3 is 0 Å². The highest BCUT2D eigenvalue weighted by molar-refractivity contribution is 5.95. The molecule has 0 aliphatic carbocycles. The lowest BCUT2D eigenvalue weighted by molar-refractivity contribution is 0.0716. The monoisotopic (exact) mass is 289 g/mol. The second kappa shape index (κ2) is 7.46. The van der Waals surface area contributed by atoms with E-state index >= 15 is 0 Å². The number of hydrogen-bond donors (Lipinski definition) is 1. The molecule has 1 aliphatic heterocycles. The SMILES string of the molecule is CCCNc1ccc(C(=O)N2CCCC2CN(C)C)cc1. The summed E-state index contributed by atoms with van der Waals surface area (Å²) in [5, 5.41) is 3.33. The summed E-state index contributed by atoms with van der Waals surface area (Å²) >= 11 is 0. The number of likely N-dealkylation sites (N-methyl/N-ethyl adjacent to an activating group) is 1. The van der Waals surface area contributed by atoms with Crippen LogP contribution in [0.4, 0.5) is 5.69 Å². The summed E-state index contributed by atoms with van der Waals surface area (Å²) in [6.07, 6.45) is 3.32. The fourth-order valence-corrected chi connectivity index (χ4v) is 2.88. The minimum Gasteiger partial charge on any atom is -0.385 e. The van der Waals surface area contributed by atoms with E-state index < -0.39 is 0 Å². The van der Waals surface area contributed by atoms with Crippen LogP contribution in [0.15, 0.2) is 24.3 Å². The number of amides is 1. The number of nitrogens with one attached hydrogen (secondary N) is 1. The Hall–Kier alpha value is -1.55. The molecule has 0 radical (unpaired) electrons. The fourth-order valence-electron chi connectivity index (χ4n) is 2.88. The van der Waals surface area contributed by atoms with E-state index in [-0.39, 0.29) is 5.91 Å². The third-order valence-corrected chi connectivity index (χ3v) is 3.92. The van der Waals surface area contributed by atoms with Gasteiger partial charge in [-0.15, -0.1) is 0 Å². The summed E-state index contributed by atoms with van der Waals surface area (Å²) in [6.45, 7) is 4.93. The predicted octanol–water partition coefficient (Wildman–Crippen LogP) is 2.67. The number of likely N-dealkylation sites (tertiary alicyclic amines) is 1. The topological polar surface area (TPSA) is 35.6 Å². The van der Waals surface area contributed by atoms with Gasteiger partial charge in [0.05, 0.1) is 0 Å². The van der Waals surface area contributed by atoms with E-state index in [2.05, 4.69) is 31.2 Å². The molecule has 4 nitrogen and oxygen atoms in total. The van der Waals surface area contributed by atoms with Gasteiger partial charge in [0.2, 0.25) is 0 Å². The van der Waals surface area contributed by atoms with E-state index in [1.807, 2.05) is 29.2 Å². The smallest absolute Gasteiger partial charge is 0.254 e. The lowest BCUT2D eigenvalue weighted by atomic mass is 10.1. The molecule has 21 heavy (non-hydrogen) atoms. The van der Waals surface area contributed by atoms with E-state index in [9.17, 15) is 4.79 Å².